The van der Waals surface area contributed by atoms with Gasteiger partial charge in [0.25, 0.3) is 0 Å². The van der Waals surface area contributed by atoms with Gasteiger partial charge in [0.15, 0.2) is 0 Å². The molecule has 0 saturated carbocycles. The average Bonchev–Trinajstić information content (AvgIpc) is 3.04. The minimum Gasteiger partial charge on any atom is -0.545 e. The number of aliphatic carboxylic acids is 1. The van der Waals surface area contributed by atoms with E-state index >= 15 is 0 Å². The van der Waals surface area contributed by atoms with Crippen LogP contribution >= 0.6 is 0 Å². The number of aromatic nitrogens is 2. The summed E-state index contributed by atoms with van der Waals surface area (Å²) < 4.78 is 7.10. The van der Waals surface area contributed by atoms with Crippen LogP contribution in [0.1, 0.15) is 5.56 Å². The predicted octanol–water partition coefficient (Wildman–Crippen LogP) is 2.31. The fraction of sp³-hybridized carbons (Fsp3) is 0.0526. The van der Waals surface area contributed by atoms with E-state index < -0.39 is 5.97 Å². The van der Waals surface area contributed by atoms with Crippen molar-refractivity contribution in [2.75, 3.05) is 7.11 Å². The van der Waals surface area contributed by atoms with Crippen LogP contribution in [0.15, 0.2) is 66.9 Å². The van der Waals surface area contributed by atoms with Gasteiger partial charge >= 0.3 is 0 Å². The summed E-state index contributed by atoms with van der Waals surface area (Å²) in [5.41, 5.74) is 2.95. The summed E-state index contributed by atoms with van der Waals surface area (Å²) in [5, 5.41) is 15.4. The molecule has 120 valence electrons. The van der Waals surface area contributed by atoms with E-state index in [1.165, 1.54) is 6.08 Å². The molecule has 5 nitrogen and oxygen atoms in total. The molecule has 0 aliphatic rings. The van der Waals surface area contributed by atoms with Gasteiger partial charge in [-0.25, -0.2) is 4.68 Å². The quantitative estimate of drug-likeness (QED) is 0.677. The maximum Gasteiger partial charge on any atom is 0.128 e. The SMILES string of the molecule is COc1ccccc1-c1nn(-c2ccccc2)cc1/C=C/C(=O)[O-]. The standard InChI is InChI=1S/C19H16N2O3/c1-24-17-10-6-5-9-16(17)19-14(11-12-18(22)23)13-21(20-19)15-7-3-2-4-8-15/h2-13H,1H3,(H,22,23)/p-1/b12-11+. The fourth-order valence-corrected chi connectivity index (χ4v) is 2.43. The van der Waals surface area contributed by atoms with Gasteiger partial charge in [-0.05, 0) is 36.4 Å². The number of carboxylic acid groups (broad SMARTS) is 1. The van der Waals surface area contributed by atoms with Crippen molar-refractivity contribution in [3.63, 3.8) is 0 Å². The number of hydrogen-bond acceptors (Lipinski definition) is 4. The highest BCUT2D eigenvalue weighted by Crippen LogP contribution is 2.32. The molecule has 5 heteroatoms. The van der Waals surface area contributed by atoms with Gasteiger partial charge in [-0.1, -0.05) is 30.3 Å². The van der Waals surface area contributed by atoms with Gasteiger partial charge in [-0.2, -0.15) is 5.10 Å². The number of hydrogen-bond donors (Lipinski definition) is 0. The highest BCUT2D eigenvalue weighted by Gasteiger charge is 2.14. The molecule has 0 N–H and O–H groups in total. The van der Waals surface area contributed by atoms with Crippen LogP contribution in [0, 0.1) is 0 Å². The molecule has 0 spiro atoms. The summed E-state index contributed by atoms with van der Waals surface area (Å²) in [7, 11) is 1.59. The summed E-state index contributed by atoms with van der Waals surface area (Å²) in [6.07, 6.45) is 4.24. The third-order valence-electron chi connectivity index (χ3n) is 3.52. The van der Waals surface area contributed by atoms with Crippen molar-refractivity contribution in [1.82, 2.24) is 9.78 Å². The Morgan fingerprint density at radius 3 is 2.54 bits per heavy atom. The van der Waals surface area contributed by atoms with Crippen LogP contribution in [0.25, 0.3) is 23.0 Å². The monoisotopic (exact) mass is 319 g/mol. The Kier molecular flexibility index (Phi) is 4.43. The summed E-state index contributed by atoms with van der Waals surface area (Å²) >= 11 is 0. The van der Waals surface area contributed by atoms with Crippen LogP contribution in [0.3, 0.4) is 0 Å². The molecule has 1 aromatic heterocycles. The number of ether oxygens (including phenoxy) is 1. The van der Waals surface area contributed by atoms with Crippen LogP contribution in [0.2, 0.25) is 0 Å². The van der Waals surface area contributed by atoms with Crippen molar-refractivity contribution in [1.29, 1.82) is 0 Å². The Balaban J connectivity index is 2.16. The molecule has 0 aliphatic carbocycles. The number of carbonyl (C=O) groups is 1. The Labute approximate surface area is 139 Å². The lowest BCUT2D eigenvalue weighted by Crippen LogP contribution is -2.18. The topological polar surface area (TPSA) is 67.2 Å². The number of carbonyl (C=O) groups excluding carboxylic acids is 1. The second kappa shape index (κ2) is 6.83. The first-order chi connectivity index (χ1) is 11.7. The van der Waals surface area contributed by atoms with Gasteiger partial charge in [0, 0.05) is 17.3 Å². The minimum atomic E-state index is -1.26. The van der Waals surface area contributed by atoms with E-state index in [2.05, 4.69) is 5.10 Å². The van der Waals surface area contributed by atoms with E-state index in [-0.39, 0.29) is 0 Å². The van der Waals surface area contributed by atoms with Crippen molar-refractivity contribution >= 4 is 12.0 Å². The molecule has 0 saturated heterocycles. The first kappa shape index (κ1) is 15.6. The highest BCUT2D eigenvalue weighted by atomic mass is 16.5. The number of carboxylic acids is 1. The van der Waals surface area contributed by atoms with Crippen LogP contribution in [0.4, 0.5) is 0 Å². The molecule has 3 aromatic rings. The van der Waals surface area contributed by atoms with Gasteiger partial charge < -0.3 is 14.6 Å². The van der Waals surface area contributed by atoms with E-state index in [4.69, 9.17) is 4.74 Å². The third kappa shape index (κ3) is 3.20. The summed E-state index contributed by atoms with van der Waals surface area (Å²) in [6, 6.07) is 17.1. The lowest BCUT2D eigenvalue weighted by Gasteiger charge is -2.06. The second-order valence-corrected chi connectivity index (χ2v) is 5.07. The lowest BCUT2D eigenvalue weighted by atomic mass is 10.1. The van der Waals surface area contributed by atoms with Crippen LogP contribution < -0.4 is 9.84 Å². The number of methoxy groups -OCH3 is 1. The average molecular weight is 319 g/mol. The van der Waals surface area contributed by atoms with Gasteiger partial charge in [-0.15, -0.1) is 0 Å². The first-order valence-electron chi connectivity index (χ1n) is 7.36. The molecule has 1 heterocycles. The van der Waals surface area contributed by atoms with Crippen LogP contribution in [-0.4, -0.2) is 22.9 Å². The normalized spacial score (nSPS) is 10.9. The van der Waals surface area contributed by atoms with Crippen LogP contribution in [0.5, 0.6) is 5.75 Å². The number of nitrogens with zero attached hydrogens (tertiary/aromatic N) is 2. The van der Waals surface area contributed by atoms with Crippen molar-refractivity contribution in [2.45, 2.75) is 0 Å². The number of para-hydroxylation sites is 2. The number of benzene rings is 2. The molecule has 24 heavy (non-hydrogen) atoms. The maximum atomic E-state index is 10.8. The van der Waals surface area contributed by atoms with E-state index in [1.807, 2.05) is 54.6 Å². The van der Waals surface area contributed by atoms with E-state index in [9.17, 15) is 9.90 Å². The molecule has 0 unspecified atom stereocenters. The summed E-state index contributed by atoms with van der Waals surface area (Å²) in [4.78, 5) is 10.8. The Morgan fingerprint density at radius 1 is 1.12 bits per heavy atom. The third-order valence-corrected chi connectivity index (χ3v) is 3.52. The van der Waals surface area contributed by atoms with Crippen molar-refractivity contribution < 1.29 is 14.6 Å². The molecule has 0 fully saturated rings. The molecule has 0 aliphatic heterocycles. The van der Waals surface area contributed by atoms with Gasteiger partial charge in [-0.3, -0.25) is 0 Å². The molecule has 0 bridgehead atoms. The Bertz CT molecular complexity index is 883. The smallest absolute Gasteiger partial charge is 0.128 e. The second-order valence-electron chi connectivity index (χ2n) is 5.07. The molecular formula is C19H15N2O3-. The van der Waals surface area contributed by atoms with Gasteiger partial charge in [0.2, 0.25) is 0 Å². The van der Waals surface area contributed by atoms with Crippen molar-refractivity contribution in [2.24, 2.45) is 0 Å². The summed E-state index contributed by atoms with van der Waals surface area (Å²) in [5.74, 6) is -0.590. The van der Waals surface area contributed by atoms with Crippen LogP contribution in [-0.2, 0) is 4.79 Å². The molecule has 0 atom stereocenters. The zero-order chi connectivity index (χ0) is 16.9. The zero-order valence-electron chi connectivity index (χ0n) is 13.0. The predicted molar refractivity (Wildman–Crippen MR) is 89.6 cm³/mol. The molecule has 0 radical (unpaired) electrons. The molecule has 3 rings (SSSR count). The molecule has 0 amide bonds. The Hall–Kier alpha value is -3.34. The largest absolute Gasteiger partial charge is 0.545 e. The lowest BCUT2D eigenvalue weighted by molar-refractivity contribution is -0.297. The summed E-state index contributed by atoms with van der Waals surface area (Å²) in [6.45, 7) is 0. The highest BCUT2D eigenvalue weighted by molar-refractivity contribution is 5.86. The Morgan fingerprint density at radius 2 is 1.83 bits per heavy atom. The van der Waals surface area contributed by atoms with Gasteiger partial charge in [0.1, 0.15) is 11.4 Å². The minimum absolute atomic E-state index is 0.633. The van der Waals surface area contributed by atoms with E-state index in [0.29, 0.717) is 17.0 Å². The van der Waals surface area contributed by atoms with E-state index in [0.717, 1.165) is 17.3 Å². The zero-order valence-corrected chi connectivity index (χ0v) is 13.0. The van der Waals surface area contributed by atoms with E-state index in [1.54, 1.807) is 18.0 Å². The fourth-order valence-electron chi connectivity index (χ4n) is 2.43. The van der Waals surface area contributed by atoms with Crippen molar-refractivity contribution in [3.8, 4) is 22.7 Å². The van der Waals surface area contributed by atoms with Crippen molar-refractivity contribution in [3.05, 3.63) is 72.4 Å². The molecular weight excluding hydrogens is 304 g/mol. The van der Waals surface area contributed by atoms with Gasteiger partial charge in [0.05, 0.1) is 18.8 Å². The number of rotatable bonds is 5. The maximum absolute atomic E-state index is 10.8. The first-order valence-corrected chi connectivity index (χ1v) is 7.36. The molecule has 2 aromatic carbocycles.